The molecule has 13 heteroatoms. The molecule has 5 aromatic rings. The van der Waals surface area contributed by atoms with E-state index in [0.717, 1.165) is 54.3 Å². The quantitative estimate of drug-likeness (QED) is 0.169. The van der Waals surface area contributed by atoms with Crippen molar-refractivity contribution < 1.29 is 27.5 Å². The Morgan fingerprint density at radius 2 is 1.74 bits per heavy atom. The number of ether oxygens (including phenoxy) is 1. The van der Waals surface area contributed by atoms with Gasteiger partial charge in [0, 0.05) is 22.7 Å². The number of aromatic carboxylic acids is 1. The van der Waals surface area contributed by atoms with Crippen LogP contribution in [0.15, 0.2) is 84.0 Å². The third-order valence-electron chi connectivity index (χ3n) is 8.36. The number of nitrogens with zero attached hydrogens (tertiary/aromatic N) is 3. The van der Waals surface area contributed by atoms with Gasteiger partial charge in [-0.05, 0) is 83.2 Å². The minimum atomic E-state index is -1.75. The highest BCUT2D eigenvalue weighted by Gasteiger charge is 2.25. The molecule has 1 aromatic heterocycles. The van der Waals surface area contributed by atoms with E-state index in [1.165, 1.54) is 6.07 Å². The maximum absolute atomic E-state index is 15.9. The molecule has 0 spiro atoms. The first-order chi connectivity index (χ1) is 22.3. The molecule has 2 heterocycles. The van der Waals surface area contributed by atoms with Crippen LogP contribution in [0, 0.1) is 5.82 Å². The third-order valence-corrected chi connectivity index (χ3v) is 9.18. The Hall–Kier alpha value is -4.45. The third kappa shape index (κ3) is 6.69. The smallest absolute Gasteiger partial charge is 0.338 e. The summed E-state index contributed by atoms with van der Waals surface area (Å²) in [5.41, 5.74) is 4.96. The lowest BCUT2D eigenvalue weighted by atomic mass is 9.94. The SMILES string of the molecule is Cl.O=C(O)c1ccc2c(c1)nc(-c1ccc(OCc3cc(C4=NOS(=O)N4)ccc3-c3ccc(Cl)cc3)cc1F)n2C1CCCCC1. The van der Waals surface area contributed by atoms with Gasteiger partial charge in [-0.2, -0.15) is 4.21 Å². The number of hydrogen-bond donors (Lipinski definition) is 2. The van der Waals surface area contributed by atoms with Crippen molar-refractivity contribution in [1.82, 2.24) is 14.3 Å². The molecule has 47 heavy (non-hydrogen) atoms. The van der Waals surface area contributed by atoms with Gasteiger partial charge in [0.25, 0.3) is 0 Å². The summed E-state index contributed by atoms with van der Waals surface area (Å²) >= 11 is 4.37. The van der Waals surface area contributed by atoms with Crippen LogP contribution in [0.1, 0.15) is 59.6 Å². The van der Waals surface area contributed by atoms with Crippen molar-refractivity contribution in [1.29, 1.82) is 0 Å². The number of hydrogen-bond acceptors (Lipinski definition) is 6. The van der Waals surface area contributed by atoms with Gasteiger partial charge in [0.2, 0.25) is 0 Å². The number of benzene rings is 4. The maximum Gasteiger partial charge on any atom is 0.338 e. The molecule has 0 amide bonds. The van der Waals surface area contributed by atoms with Crippen LogP contribution in [0.5, 0.6) is 5.75 Å². The predicted molar refractivity (Wildman–Crippen MR) is 182 cm³/mol. The molecule has 2 aliphatic rings. The van der Waals surface area contributed by atoms with Gasteiger partial charge in [0.1, 0.15) is 24.0 Å². The summed E-state index contributed by atoms with van der Waals surface area (Å²) in [5.74, 6) is -0.421. The van der Waals surface area contributed by atoms with E-state index in [1.807, 2.05) is 30.3 Å². The zero-order valence-electron chi connectivity index (χ0n) is 24.8. The lowest BCUT2D eigenvalue weighted by Crippen LogP contribution is -2.20. The molecule has 1 fully saturated rings. The van der Waals surface area contributed by atoms with Gasteiger partial charge < -0.3 is 14.4 Å². The molecule has 9 nitrogen and oxygen atoms in total. The Labute approximate surface area is 283 Å². The Kier molecular flexibility index (Phi) is 9.49. The number of imidazole rings is 1. The number of carboxylic acid groups (broad SMARTS) is 1. The molecule has 242 valence electrons. The average Bonchev–Trinajstić information content (AvgIpc) is 3.67. The van der Waals surface area contributed by atoms with E-state index in [1.54, 1.807) is 42.5 Å². The van der Waals surface area contributed by atoms with Crippen molar-refractivity contribution in [3.63, 3.8) is 0 Å². The summed E-state index contributed by atoms with van der Waals surface area (Å²) in [6.07, 6.45) is 5.18. The molecule has 1 aliphatic heterocycles. The zero-order valence-corrected chi connectivity index (χ0v) is 27.2. The van der Waals surface area contributed by atoms with Crippen molar-refractivity contribution in [2.75, 3.05) is 0 Å². The van der Waals surface area contributed by atoms with Gasteiger partial charge >= 0.3 is 17.2 Å². The van der Waals surface area contributed by atoms with Gasteiger partial charge in [0.05, 0.1) is 22.2 Å². The van der Waals surface area contributed by atoms with Crippen LogP contribution >= 0.6 is 24.0 Å². The van der Waals surface area contributed by atoms with Gasteiger partial charge in [-0.25, -0.2) is 14.2 Å². The number of aromatic nitrogens is 2. The summed E-state index contributed by atoms with van der Waals surface area (Å²) < 4.78 is 43.2. The van der Waals surface area contributed by atoms with E-state index in [9.17, 15) is 14.1 Å². The molecule has 1 unspecified atom stereocenters. The Morgan fingerprint density at radius 3 is 2.45 bits per heavy atom. The number of fused-ring (bicyclic) bond motifs is 1. The average molecular weight is 696 g/mol. The molecule has 1 saturated carbocycles. The van der Waals surface area contributed by atoms with Crippen molar-refractivity contribution in [3.05, 3.63) is 106 Å². The van der Waals surface area contributed by atoms with E-state index < -0.39 is 23.1 Å². The van der Waals surface area contributed by atoms with Crippen molar-refractivity contribution in [3.8, 4) is 28.3 Å². The van der Waals surface area contributed by atoms with Gasteiger partial charge in [-0.15, -0.1) is 12.4 Å². The van der Waals surface area contributed by atoms with Crippen LogP contribution < -0.4 is 9.46 Å². The van der Waals surface area contributed by atoms with Crippen LogP contribution in [0.2, 0.25) is 5.02 Å². The first kappa shape index (κ1) is 32.5. The molecule has 0 radical (unpaired) electrons. The van der Waals surface area contributed by atoms with Crippen LogP contribution in [0.25, 0.3) is 33.5 Å². The second-order valence-electron chi connectivity index (χ2n) is 11.3. The molecular weight excluding hydrogens is 666 g/mol. The van der Waals surface area contributed by atoms with Crippen LogP contribution in [0.4, 0.5) is 4.39 Å². The van der Waals surface area contributed by atoms with Crippen molar-refractivity contribution in [2.24, 2.45) is 5.16 Å². The van der Waals surface area contributed by atoms with E-state index in [2.05, 4.69) is 14.4 Å². The first-order valence-corrected chi connectivity index (χ1v) is 16.3. The lowest BCUT2D eigenvalue weighted by molar-refractivity contribution is 0.0697. The summed E-state index contributed by atoms with van der Waals surface area (Å²) in [5, 5.41) is 14.0. The topological polar surface area (TPSA) is 115 Å². The number of carbonyl (C=O) groups is 1. The summed E-state index contributed by atoms with van der Waals surface area (Å²) in [7, 11) is 0. The molecule has 0 bridgehead atoms. The number of nitrogens with one attached hydrogen (secondary N) is 1. The number of halogens is 3. The largest absolute Gasteiger partial charge is 0.489 e. The van der Waals surface area contributed by atoms with Crippen LogP contribution in [0.3, 0.4) is 0 Å². The first-order valence-electron chi connectivity index (χ1n) is 14.9. The monoisotopic (exact) mass is 694 g/mol. The highest BCUT2D eigenvalue weighted by atomic mass is 35.5. The van der Waals surface area contributed by atoms with E-state index >= 15 is 4.39 Å². The fourth-order valence-electron chi connectivity index (χ4n) is 6.13. The number of amidine groups is 1. The molecule has 0 saturated heterocycles. The van der Waals surface area contributed by atoms with E-state index in [0.29, 0.717) is 39.1 Å². The van der Waals surface area contributed by atoms with E-state index in [4.69, 9.17) is 25.6 Å². The maximum atomic E-state index is 15.9. The fraction of sp³-hybridized carbons (Fsp3) is 0.206. The van der Waals surface area contributed by atoms with Crippen molar-refractivity contribution in [2.45, 2.75) is 44.8 Å². The lowest BCUT2D eigenvalue weighted by Gasteiger charge is -2.25. The number of oxime groups is 1. The normalized spacial score (nSPS) is 16.2. The summed E-state index contributed by atoms with van der Waals surface area (Å²) in [4.78, 5) is 16.4. The zero-order chi connectivity index (χ0) is 31.8. The molecule has 1 atom stereocenters. The van der Waals surface area contributed by atoms with E-state index in [-0.39, 0.29) is 30.6 Å². The summed E-state index contributed by atoms with van der Waals surface area (Å²) in [6, 6.07) is 22.7. The van der Waals surface area contributed by atoms with Gasteiger partial charge in [0.15, 0.2) is 5.84 Å². The molecule has 2 N–H and O–H groups in total. The minimum absolute atomic E-state index is 0. The molecule has 7 rings (SSSR count). The number of carboxylic acids is 1. The molecule has 1 aliphatic carbocycles. The Morgan fingerprint density at radius 1 is 1.00 bits per heavy atom. The predicted octanol–water partition coefficient (Wildman–Crippen LogP) is 8.23. The van der Waals surface area contributed by atoms with Gasteiger partial charge in [-0.1, -0.05) is 55.1 Å². The number of rotatable bonds is 8. The standard InChI is InChI=1S/C34H28ClFN4O5S.ClH/c35-24-10-6-20(7-11-24)27-13-8-21(32-38-45-46(43)39-32)16-23(27)19-44-26-12-14-28(29(36)18-26)33-37-30-17-22(34(41)42)9-15-31(30)40(33)25-4-2-1-3-5-25;/h6-18,25H,1-5,19H2,(H,38,39)(H,41,42);1H. The molecule has 4 aromatic carbocycles. The Balaban J connectivity index is 0.00000386. The highest BCUT2D eigenvalue weighted by molar-refractivity contribution is 7.79. The second-order valence-corrected chi connectivity index (χ2v) is 12.5. The van der Waals surface area contributed by atoms with Crippen LogP contribution in [-0.4, -0.2) is 30.7 Å². The highest BCUT2D eigenvalue weighted by Crippen LogP contribution is 2.38. The summed E-state index contributed by atoms with van der Waals surface area (Å²) in [6.45, 7) is 0.0976. The minimum Gasteiger partial charge on any atom is -0.489 e. The van der Waals surface area contributed by atoms with Crippen LogP contribution in [-0.2, 0) is 22.2 Å². The molecular formula is C34H29Cl2FN4O5S. The van der Waals surface area contributed by atoms with Crippen molar-refractivity contribution >= 4 is 58.1 Å². The Bertz CT molecular complexity index is 2030. The second kappa shape index (κ2) is 13.7. The van der Waals surface area contributed by atoms with Gasteiger partial charge in [-0.3, -0.25) is 9.01 Å². The fourth-order valence-corrected chi connectivity index (χ4v) is 6.75.